The van der Waals surface area contributed by atoms with Crippen LogP contribution in [0, 0.1) is 5.92 Å². The summed E-state index contributed by atoms with van der Waals surface area (Å²) in [5.74, 6) is 0.00402. The fourth-order valence-corrected chi connectivity index (χ4v) is 5.61. The molecule has 0 saturated carbocycles. The summed E-state index contributed by atoms with van der Waals surface area (Å²) in [6, 6.07) is 30.4. The van der Waals surface area contributed by atoms with Crippen LogP contribution in [-0.4, -0.2) is 34.4 Å². The Balaban J connectivity index is 1.19. The van der Waals surface area contributed by atoms with Crippen LogP contribution >= 0.6 is 0 Å². The molecule has 184 valence electrons. The molecule has 6 heteroatoms. The largest absolute Gasteiger partial charge is 0.338 e. The molecule has 0 unspecified atom stereocenters. The number of fused-ring (bicyclic) bond motifs is 4. The van der Waals surface area contributed by atoms with Gasteiger partial charge in [0, 0.05) is 42.4 Å². The molecule has 2 aliphatic heterocycles. The molecule has 6 rings (SSSR count). The molecule has 2 aliphatic rings. The van der Waals surface area contributed by atoms with Gasteiger partial charge in [-0.25, -0.2) is 0 Å². The van der Waals surface area contributed by atoms with Gasteiger partial charge in [-0.1, -0.05) is 60.7 Å². The van der Waals surface area contributed by atoms with Crippen LogP contribution in [0.5, 0.6) is 0 Å². The summed E-state index contributed by atoms with van der Waals surface area (Å²) in [4.78, 5) is 41.1. The van der Waals surface area contributed by atoms with Crippen molar-refractivity contribution >= 4 is 17.5 Å². The molecule has 4 aromatic rings. The Morgan fingerprint density at radius 1 is 0.703 bits per heavy atom. The molecule has 1 saturated heterocycles. The maximum Gasteiger partial charge on any atom is 0.274 e. The van der Waals surface area contributed by atoms with Crippen molar-refractivity contribution in [1.29, 1.82) is 0 Å². The summed E-state index contributed by atoms with van der Waals surface area (Å²) in [5.41, 5.74) is 4.41. The second-order valence-corrected chi connectivity index (χ2v) is 9.86. The Hall–Kier alpha value is -4.45. The number of carbonyl (C=O) groups is 2. The number of hydrogen-bond acceptors (Lipinski definition) is 3. The molecule has 2 amide bonds. The fraction of sp³-hybridized carbons (Fsp3) is 0.194. The number of nitrogens with zero attached hydrogens (tertiary/aromatic N) is 2. The number of hydrogen-bond donors (Lipinski definition) is 1. The molecule has 2 bridgehead atoms. The van der Waals surface area contributed by atoms with E-state index in [-0.39, 0.29) is 34.9 Å². The molecule has 1 N–H and O–H groups in total. The van der Waals surface area contributed by atoms with E-state index >= 15 is 0 Å². The Morgan fingerprint density at radius 3 is 2.11 bits per heavy atom. The fourth-order valence-electron chi connectivity index (χ4n) is 5.61. The molecule has 1 aromatic heterocycles. The maximum atomic E-state index is 13.4. The number of anilines is 1. The number of likely N-dealkylation sites (tertiary alicyclic amines) is 1. The molecule has 3 heterocycles. The van der Waals surface area contributed by atoms with Gasteiger partial charge in [0.1, 0.15) is 5.69 Å². The monoisotopic (exact) mass is 489 g/mol. The minimum absolute atomic E-state index is 0.0249. The van der Waals surface area contributed by atoms with E-state index in [0.717, 1.165) is 23.2 Å². The van der Waals surface area contributed by atoms with E-state index in [9.17, 15) is 14.4 Å². The molecule has 0 radical (unpaired) electrons. The van der Waals surface area contributed by atoms with Gasteiger partial charge in [-0.05, 0) is 59.9 Å². The first-order valence-corrected chi connectivity index (χ1v) is 12.6. The van der Waals surface area contributed by atoms with Gasteiger partial charge in [-0.2, -0.15) is 0 Å². The van der Waals surface area contributed by atoms with Crippen molar-refractivity contribution in [3.63, 3.8) is 0 Å². The van der Waals surface area contributed by atoms with Crippen molar-refractivity contribution in [3.05, 3.63) is 124 Å². The molecule has 0 aliphatic carbocycles. The summed E-state index contributed by atoms with van der Waals surface area (Å²) in [6.07, 6.45) is 0.950. The van der Waals surface area contributed by atoms with Gasteiger partial charge in [0.15, 0.2) is 0 Å². The number of piperidine rings is 1. The van der Waals surface area contributed by atoms with Crippen LogP contribution in [0.1, 0.15) is 38.7 Å². The van der Waals surface area contributed by atoms with Gasteiger partial charge in [-0.3, -0.25) is 14.4 Å². The lowest BCUT2D eigenvalue weighted by Gasteiger charge is -2.43. The number of rotatable bonds is 4. The van der Waals surface area contributed by atoms with Crippen LogP contribution in [0.15, 0.2) is 102 Å². The van der Waals surface area contributed by atoms with E-state index in [1.54, 1.807) is 34.9 Å². The lowest BCUT2D eigenvalue weighted by molar-refractivity contribution is 0.0594. The predicted octanol–water partition coefficient (Wildman–Crippen LogP) is 5.03. The zero-order valence-electron chi connectivity index (χ0n) is 20.3. The summed E-state index contributed by atoms with van der Waals surface area (Å²) < 4.78 is 1.79. The highest BCUT2D eigenvalue weighted by atomic mass is 16.2. The second kappa shape index (κ2) is 9.54. The highest BCUT2D eigenvalue weighted by molar-refractivity contribution is 6.04. The van der Waals surface area contributed by atoms with Gasteiger partial charge in [0.05, 0.1) is 0 Å². The standard InChI is InChI=1S/C31H27N3O3/c35-29(24-9-5-2-6-10-24)32-27-15-16-28-26-17-21(19-34(28)31(27)37)18-33(20-26)30(36)25-13-11-23(12-14-25)22-7-3-1-4-8-22/h1-16,21,26H,17-20H2,(H,32,35)/t21-,26-/m1/s1. The summed E-state index contributed by atoms with van der Waals surface area (Å²) in [7, 11) is 0. The van der Waals surface area contributed by atoms with Crippen LogP contribution in [0.25, 0.3) is 11.1 Å². The van der Waals surface area contributed by atoms with E-state index in [2.05, 4.69) is 17.4 Å². The molecule has 6 nitrogen and oxygen atoms in total. The number of carbonyl (C=O) groups excluding carboxylic acids is 2. The first kappa shape index (κ1) is 23.0. The van der Waals surface area contributed by atoms with Crippen LogP contribution in [-0.2, 0) is 6.54 Å². The number of amides is 2. The van der Waals surface area contributed by atoms with Crippen molar-refractivity contribution in [3.8, 4) is 11.1 Å². The first-order valence-electron chi connectivity index (χ1n) is 12.6. The van der Waals surface area contributed by atoms with E-state index in [1.807, 2.05) is 59.5 Å². The average Bonchev–Trinajstić information content (AvgIpc) is 2.95. The average molecular weight is 490 g/mol. The van der Waals surface area contributed by atoms with Crippen LogP contribution in [0.2, 0.25) is 0 Å². The third-order valence-corrected chi connectivity index (χ3v) is 7.41. The van der Waals surface area contributed by atoms with Crippen LogP contribution in [0.3, 0.4) is 0 Å². The summed E-state index contributed by atoms with van der Waals surface area (Å²) in [6.45, 7) is 1.73. The van der Waals surface area contributed by atoms with Gasteiger partial charge in [0.25, 0.3) is 17.4 Å². The minimum atomic E-state index is -0.302. The normalized spacial score (nSPS) is 18.1. The number of benzene rings is 3. The number of aromatic nitrogens is 1. The second-order valence-electron chi connectivity index (χ2n) is 9.86. The smallest absolute Gasteiger partial charge is 0.274 e. The SMILES string of the molecule is O=C(Nc1ccc2n(c1=O)C[C@@H]1C[C@@H]2CN(C(=O)c2ccc(-c3ccccc3)cc2)C1)c1ccccc1. The highest BCUT2D eigenvalue weighted by Gasteiger charge is 2.37. The van der Waals surface area contributed by atoms with Gasteiger partial charge in [0.2, 0.25) is 0 Å². The molecule has 3 aromatic carbocycles. The summed E-state index contributed by atoms with van der Waals surface area (Å²) in [5, 5.41) is 2.77. The molecule has 2 atom stereocenters. The van der Waals surface area contributed by atoms with E-state index in [0.29, 0.717) is 30.8 Å². The Morgan fingerprint density at radius 2 is 1.38 bits per heavy atom. The minimum Gasteiger partial charge on any atom is -0.338 e. The molecular formula is C31H27N3O3. The van der Waals surface area contributed by atoms with Crippen LogP contribution < -0.4 is 10.9 Å². The van der Waals surface area contributed by atoms with Crippen molar-refractivity contribution < 1.29 is 9.59 Å². The molecule has 1 fully saturated rings. The third-order valence-electron chi connectivity index (χ3n) is 7.41. The quantitative estimate of drug-likeness (QED) is 0.437. The first-order chi connectivity index (χ1) is 18.1. The van der Waals surface area contributed by atoms with E-state index in [1.165, 1.54) is 0 Å². The number of pyridine rings is 1. The Labute approximate surface area is 215 Å². The zero-order chi connectivity index (χ0) is 25.4. The topological polar surface area (TPSA) is 71.4 Å². The molecular weight excluding hydrogens is 462 g/mol. The zero-order valence-corrected chi connectivity index (χ0v) is 20.3. The van der Waals surface area contributed by atoms with Gasteiger partial charge < -0.3 is 14.8 Å². The van der Waals surface area contributed by atoms with Crippen molar-refractivity contribution in [2.45, 2.75) is 18.9 Å². The van der Waals surface area contributed by atoms with E-state index < -0.39 is 0 Å². The lowest BCUT2D eigenvalue weighted by Crippen LogP contribution is -2.49. The third kappa shape index (κ3) is 4.47. The Bertz CT molecular complexity index is 1510. The van der Waals surface area contributed by atoms with Gasteiger partial charge in [-0.15, -0.1) is 0 Å². The van der Waals surface area contributed by atoms with Crippen molar-refractivity contribution in [2.24, 2.45) is 5.92 Å². The van der Waals surface area contributed by atoms with E-state index in [4.69, 9.17) is 0 Å². The maximum absolute atomic E-state index is 13.4. The van der Waals surface area contributed by atoms with Gasteiger partial charge >= 0.3 is 0 Å². The molecule has 37 heavy (non-hydrogen) atoms. The predicted molar refractivity (Wildman–Crippen MR) is 144 cm³/mol. The Kier molecular flexibility index (Phi) is 5.93. The number of nitrogens with one attached hydrogen (secondary N) is 1. The molecule has 0 spiro atoms. The lowest BCUT2D eigenvalue weighted by atomic mass is 9.83. The van der Waals surface area contributed by atoms with Crippen LogP contribution in [0.4, 0.5) is 5.69 Å². The highest BCUT2D eigenvalue weighted by Crippen LogP contribution is 2.36. The van der Waals surface area contributed by atoms with Crippen molar-refractivity contribution in [1.82, 2.24) is 9.47 Å². The van der Waals surface area contributed by atoms with Crippen molar-refractivity contribution in [2.75, 3.05) is 18.4 Å². The summed E-state index contributed by atoms with van der Waals surface area (Å²) >= 11 is 0.